The molecule has 3 N–H and O–H groups in total. The van der Waals surface area contributed by atoms with Crippen LogP contribution in [0.25, 0.3) is 0 Å². The van der Waals surface area contributed by atoms with Crippen molar-refractivity contribution in [3.05, 3.63) is 33.4 Å². The Morgan fingerprint density at radius 2 is 2.00 bits per heavy atom. The molecule has 102 valence electrons. The normalized spacial score (nSPS) is 11.5. The number of carbonyl (C=O) groups is 3. The summed E-state index contributed by atoms with van der Waals surface area (Å²) in [6.07, 6.45) is -1.01. The van der Waals surface area contributed by atoms with Gasteiger partial charge in [0.05, 0.1) is 5.56 Å². The highest BCUT2D eigenvalue weighted by molar-refractivity contribution is 14.1. The van der Waals surface area contributed by atoms with Crippen LogP contribution in [0.3, 0.4) is 0 Å². The van der Waals surface area contributed by atoms with E-state index < -0.39 is 18.0 Å². The first-order valence-electron chi connectivity index (χ1n) is 5.43. The second kappa shape index (κ2) is 7.07. The molecule has 0 spiro atoms. The third kappa shape index (κ3) is 4.86. The van der Waals surface area contributed by atoms with Gasteiger partial charge < -0.3 is 15.8 Å². The highest BCUT2D eigenvalue weighted by Crippen LogP contribution is 2.10. The number of amides is 2. The van der Waals surface area contributed by atoms with Crippen LogP contribution in [0.1, 0.15) is 17.3 Å². The van der Waals surface area contributed by atoms with Gasteiger partial charge in [0.15, 0.2) is 6.10 Å². The summed E-state index contributed by atoms with van der Waals surface area (Å²) in [5, 5.41) is 2.41. The van der Waals surface area contributed by atoms with Crippen molar-refractivity contribution in [1.82, 2.24) is 5.32 Å². The second-order valence-corrected chi connectivity index (χ2v) is 4.86. The molecule has 0 saturated carbocycles. The van der Waals surface area contributed by atoms with Crippen LogP contribution >= 0.6 is 22.6 Å². The zero-order chi connectivity index (χ0) is 14.4. The molecular formula is C12H13IN2O4. The van der Waals surface area contributed by atoms with Gasteiger partial charge in [0.2, 0.25) is 0 Å². The maximum atomic E-state index is 11.8. The minimum absolute atomic E-state index is 0.318. The first-order valence-corrected chi connectivity index (χ1v) is 6.51. The average Bonchev–Trinajstić information content (AvgIpc) is 2.36. The van der Waals surface area contributed by atoms with Gasteiger partial charge in [-0.2, -0.15) is 0 Å². The lowest BCUT2D eigenvalue weighted by atomic mass is 10.2. The van der Waals surface area contributed by atoms with Crippen LogP contribution in [0.4, 0.5) is 0 Å². The lowest BCUT2D eigenvalue weighted by Crippen LogP contribution is -2.36. The molecule has 0 unspecified atom stereocenters. The molecule has 0 aliphatic rings. The summed E-state index contributed by atoms with van der Waals surface area (Å²) < 4.78 is 5.47. The Labute approximate surface area is 123 Å². The predicted molar refractivity (Wildman–Crippen MR) is 76.2 cm³/mol. The quantitative estimate of drug-likeness (QED) is 0.576. The van der Waals surface area contributed by atoms with E-state index in [2.05, 4.69) is 5.32 Å². The van der Waals surface area contributed by atoms with Crippen molar-refractivity contribution in [2.24, 2.45) is 5.73 Å². The Bertz CT molecular complexity index is 504. The van der Waals surface area contributed by atoms with E-state index in [4.69, 9.17) is 10.5 Å². The number of primary amides is 1. The molecule has 0 aromatic heterocycles. The number of rotatable bonds is 5. The van der Waals surface area contributed by atoms with Gasteiger partial charge in [0.1, 0.15) is 6.54 Å². The van der Waals surface area contributed by atoms with E-state index in [0.29, 0.717) is 5.56 Å². The summed E-state index contributed by atoms with van der Waals surface area (Å²) in [5.41, 5.74) is 5.42. The summed E-state index contributed by atoms with van der Waals surface area (Å²) in [7, 11) is 0. The maximum absolute atomic E-state index is 11.8. The number of ether oxygens (including phenoxy) is 1. The zero-order valence-corrected chi connectivity index (χ0v) is 12.3. The Balaban J connectivity index is 2.49. The number of nitrogens with one attached hydrogen (secondary N) is 1. The smallest absolute Gasteiger partial charge is 0.326 e. The largest absolute Gasteiger partial charge is 0.451 e. The molecular weight excluding hydrogens is 363 g/mol. The van der Waals surface area contributed by atoms with E-state index in [0.717, 1.165) is 3.57 Å². The van der Waals surface area contributed by atoms with Crippen molar-refractivity contribution in [2.75, 3.05) is 6.54 Å². The number of hydrogen-bond acceptors (Lipinski definition) is 4. The number of hydrogen-bond donors (Lipinski definition) is 2. The van der Waals surface area contributed by atoms with Crippen molar-refractivity contribution in [1.29, 1.82) is 0 Å². The molecule has 0 bridgehead atoms. The van der Waals surface area contributed by atoms with Gasteiger partial charge >= 0.3 is 5.97 Å². The molecule has 0 radical (unpaired) electrons. The summed E-state index contributed by atoms with van der Waals surface area (Å²) in [6, 6.07) is 6.96. The molecule has 0 saturated heterocycles. The molecule has 2 amide bonds. The topological polar surface area (TPSA) is 98.5 Å². The third-order valence-corrected chi connectivity index (χ3v) is 3.16. The molecule has 1 atom stereocenters. The van der Waals surface area contributed by atoms with Crippen LogP contribution in [0, 0.1) is 3.57 Å². The second-order valence-electron chi connectivity index (χ2n) is 3.70. The average molecular weight is 376 g/mol. The van der Waals surface area contributed by atoms with Crippen molar-refractivity contribution in [2.45, 2.75) is 13.0 Å². The molecule has 19 heavy (non-hydrogen) atoms. The summed E-state index contributed by atoms with van der Waals surface area (Å²) in [6.45, 7) is 1.05. The predicted octanol–water partition coefficient (Wildman–Crippen LogP) is 0.438. The van der Waals surface area contributed by atoms with E-state index in [-0.39, 0.29) is 12.5 Å². The maximum Gasteiger partial charge on any atom is 0.326 e. The Kier molecular flexibility index (Phi) is 5.74. The Hall–Kier alpha value is -1.64. The molecule has 0 aliphatic heterocycles. The molecule has 1 rings (SSSR count). The third-order valence-electron chi connectivity index (χ3n) is 2.22. The fourth-order valence-electron chi connectivity index (χ4n) is 1.19. The lowest BCUT2D eigenvalue weighted by Gasteiger charge is -2.10. The van der Waals surface area contributed by atoms with Crippen molar-refractivity contribution in [3.63, 3.8) is 0 Å². The molecule has 6 nitrogen and oxygen atoms in total. The van der Waals surface area contributed by atoms with Crippen LogP contribution in [-0.4, -0.2) is 30.4 Å². The van der Waals surface area contributed by atoms with Gasteiger partial charge in [0, 0.05) is 3.57 Å². The van der Waals surface area contributed by atoms with E-state index in [9.17, 15) is 14.4 Å². The van der Waals surface area contributed by atoms with E-state index in [1.165, 1.54) is 6.92 Å². The highest BCUT2D eigenvalue weighted by atomic mass is 127. The Morgan fingerprint density at radius 1 is 1.37 bits per heavy atom. The molecule has 7 heteroatoms. The van der Waals surface area contributed by atoms with Gasteiger partial charge in [-0.05, 0) is 41.6 Å². The summed E-state index contributed by atoms with van der Waals surface area (Å²) in [4.78, 5) is 33.8. The van der Waals surface area contributed by atoms with E-state index in [1.54, 1.807) is 24.3 Å². The monoisotopic (exact) mass is 376 g/mol. The van der Waals surface area contributed by atoms with Gasteiger partial charge in [-0.15, -0.1) is 0 Å². The van der Waals surface area contributed by atoms with Gasteiger partial charge in [-0.25, -0.2) is 0 Å². The lowest BCUT2D eigenvalue weighted by molar-refractivity contribution is -0.152. The number of halogens is 1. The van der Waals surface area contributed by atoms with Crippen LogP contribution in [0.5, 0.6) is 0 Å². The van der Waals surface area contributed by atoms with Crippen molar-refractivity contribution in [3.8, 4) is 0 Å². The fraction of sp³-hybridized carbons (Fsp3) is 0.250. The van der Waals surface area contributed by atoms with Crippen LogP contribution in [-0.2, 0) is 14.3 Å². The fourth-order valence-corrected chi connectivity index (χ4v) is 1.82. The van der Waals surface area contributed by atoms with Crippen LogP contribution in [0.15, 0.2) is 24.3 Å². The SMILES string of the molecule is C[C@@H](OC(=O)CNC(=O)c1ccccc1I)C(N)=O. The van der Waals surface area contributed by atoms with Gasteiger partial charge in [-0.1, -0.05) is 12.1 Å². The number of nitrogens with two attached hydrogens (primary N) is 1. The van der Waals surface area contributed by atoms with Crippen molar-refractivity contribution < 1.29 is 19.1 Å². The zero-order valence-electron chi connectivity index (χ0n) is 10.2. The first kappa shape index (κ1) is 15.4. The highest BCUT2D eigenvalue weighted by Gasteiger charge is 2.16. The number of benzene rings is 1. The minimum Gasteiger partial charge on any atom is -0.451 e. The van der Waals surface area contributed by atoms with Crippen LogP contribution < -0.4 is 11.1 Å². The summed E-state index contributed by atoms with van der Waals surface area (Å²) >= 11 is 2.02. The van der Waals surface area contributed by atoms with Crippen LogP contribution in [0.2, 0.25) is 0 Å². The molecule has 1 aromatic rings. The molecule has 0 aliphatic carbocycles. The Morgan fingerprint density at radius 3 is 2.58 bits per heavy atom. The molecule has 1 aromatic carbocycles. The van der Waals surface area contributed by atoms with E-state index in [1.807, 2.05) is 22.6 Å². The van der Waals surface area contributed by atoms with Gasteiger partial charge in [-0.3, -0.25) is 14.4 Å². The standard InChI is InChI=1S/C12H13IN2O4/c1-7(11(14)17)19-10(16)6-15-12(18)8-4-2-3-5-9(8)13/h2-5,7H,6H2,1H3,(H2,14,17)(H,15,18)/t7-/m1/s1. The number of esters is 1. The molecule has 0 heterocycles. The van der Waals surface area contributed by atoms with E-state index >= 15 is 0 Å². The first-order chi connectivity index (χ1) is 8.91. The van der Waals surface area contributed by atoms with Gasteiger partial charge in [0.25, 0.3) is 11.8 Å². The number of carbonyl (C=O) groups excluding carboxylic acids is 3. The van der Waals surface area contributed by atoms with Crippen molar-refractivity contribution >= 4 is 40.4 Å². The minimum atomic E-state index is -1.01. The summed E-state index contributed by atoms with van der Waals surface area (Å²) in [5.74, 6) is -1.84. The molecule has 0 fully saturated rings.